The van der Waals surface area contributed by atoms with Crippen molar-refractivity contribution in [2.75, 3.05) is 7.11 Å². The number of hydrogen-bond acceptors (Lipinski definition) is 4. The highest BCUT2D eigenvalue weighted by atomic mass is 16.5. The first kappa shape index (κ1) is 14.0. The highest BCUT2D eigenvalue weighted by Crippen LogP contribution is 2.26. The van der Waals surface area contributed by atoms with Crippen molar-refractivity contribution in [1.29, 1.82) is 0 Å². The van der Waals surface area contributed by atoms with E-state index in [1.807, 2.05) is 36.5 Å². The Bertz CT molecular complexity index is 597. The lowest BCUT2D eigenvalue weighted by atomic mass is 10.2. The Balaban J connectivity index is 1.72. The van der Waals surface area contributed by atoms with Gasteiger partial charge in [-0.25, -0.2) is 0 Å². The molecule has 0 atom stereocenters. The van der Waals surface area contributed by atoms with E-state index in [-0.39, 0.29) is 0 Å². The number of ether oxygens (including phenoxy) is 2. The fourth-order valence-corrected chi connectivity index (χ4v) is 2.18. The fourth-order valence-electron chi connectivity index (χ4n) is 2.18. The maximum atomic E-state index is 6.01. The highest BCUT2D eigenvalue weighted by molar-refractivity contribution is 5.37. The summed E-state index contributed by atoms with van der Waals surface area (Å²) in [5.74, 6) is 1.68. The minimum atomic E-state index is 0.587. The van der Waals surface area contributed by atoms with E-state index in [0.29, 0.717) is 12.6 Å². The molecule has 1 N–H and O–H groups in total. The van der Waals surface area contributed by atoms with Gasteiger partial charge in [0.1, 0.15) is 11.5 Å². The van der Waals surface area contributed by atoms with Crippen LogP contribution in [-0.2, 0) is 17.9 Å². The van der Waals surface area contributed by atoms with Crippen LogP contribution in [0.25, 0.3) is 0 Å². The standard InChI is InChI=1S/C17H20N2O2/c1-20-12-13-3-2-4-16(9-13)21-17-7-8-18-10-14(17)11-19-15-5-6-15/h2-4,7-10,15,19H,5-6,11-12H2,1H3. The van der Waals surface area contributed by atoms with Crippen LogP contribution in [0.4, 0.5) is 0 Å². The molecule has 110 valence electrons. The second-order valence-corrected chi connectivity index (χ2v) is 5.32. The number of methoxy groups -OCH3 is 1. The molecule has 1 saturated carbocycles. The van der Waals surface area contributed by atoms with E-state index in [2.05, 4.69) is 10.3 Å². The Hall–Kier alpha value is -1.91. The predicted molar refractivity (Wildman–Crippen MR) is 81.3 cm³/mol. The molecule has 0 radical (unpaired) electrons. The summed E-state index contributed by atoms with van der Waals surface area (Å²) < 4.78 is 11.2. The SMILES string of the molecule is COCc1cccc(Oc2ccncc2CNC2CC2)c1. The zero-order chi connectivity index (χ0) is 14.5. The molecular formula is C17H20N2O2. The molecular weight excluding hydrogens is 264 g/mol. The molecule has 1 aliphatic rings. The second-order valence-electron chi connectivity index (χ2n) is 5.32. The van der Waals surface area contributed by atoms with Crippen molar-refractivity contribution < 1.29 is 9.47 Å². The van der Waals surface area contributed by atoms with Gasteiger partial charge in [-0.2, -0.15) is 0 Å². The van der Waals surface area contributed by atoms with Crippen molar-refractivity contribution in [1.82, 2.24) is 10.3 Å². The van der Waals surface area contributed by atoms with E-state index < -0.39 is 0 Å². The minimum Gasteiger partial charge on any atom is -0.457 e. The van der Waals surface area contributed by atoms with E-state index in [4.69, 9.17) is 9.47 Å². The van der Waals surface area contributed by atoms with Crippen molar-refractivity contribution >= 4 is 0 Å². The fraction of sp³-hybridized carbons (Fsp3) is 0.353. The van der Waals surface area contributed by atoms with Gasteiger partial charge in [-0.15, -0.1) is 0 Å². The molecule has 4 heteroatoms. The summed E-state index contributed by atoms with van der Waals surface area (Å²) in [5, 5.41) is 3.49. The minimum absolute atomic E-state index is 0.587. The number of benzene rings is 1. The van der Waals surface area contributed by atoms with Crippen LogP contribution in [0.3, 0.4) is 0 Å². The number of nitrogens with zero attached hydrogens (tertiary/aromatic N) is 1. The quantitative estimate of drug-likeness (QED) is 0.847. The van der Waals surface area contributed by atoms with Crippen LogP contribution in [0.1, 0.15) is 24.0 Å². The van der Waals surface area contributed by atoms with Crippen LogP contribution >= 0.6 is 0 Å². The lowest BCUT2D eigenvalue weighted by Gasteiger charge is -2.12. The van der Waals surface area contributed by atoms with Crippen molar-refractivity contribution in [2.24, 2.45) is 0 Å². The highest BCUT2D eigenvalue weighted by Gasteiger charge is 2.20. The molecule has 1 heterocycles. The number of aromatic nitrogens is 1. The first-order chi connectivity index (χ1) is 10.3. The van der Waals surface area contributed by atoms with Crippen LogP contribution in [-0.4, -0.2) is 18.1 Å². The van der Waals surface area contributed by atoms with Gasteiger partial charge >= 0.3 is 0 Å². The van der Waals surface area contributed by atoms with Crippen LogP contribution in [0.5, 0.6) is 11.5 Å². The maximum absolute atomic E-state index is 6.01. The molecule has 4 nitrogen and oxygen atoms in total. The average molecular weight is 284 g/mol. The smallest absolute Gasteiger partial charge is 0.134 e. The largest absolute Gasteiger partial charge is 0.457 e. The van der Waals surface area contributed by atoms with Gasteiger partial charge in [0.05, 0.1) is 6.61 Å². The van der Waals surface area contributed by atoms with E-state index in [1.165, 1.54) is 12.8 Å². The zero-order valence-corrected chi connectivity index (χ0v) is 12.2. The topological polar surface area (TPSA) is 43.4 Å². The first-order valence-electron chi connectivity index (χ1n) is 7.27. The number of rotatable bonds is 7. The number of pyridine rings is 1. The molecule has 0 amide bonds. The number of nitrogens with one attached hydrogen (secondary N) is 1. The van der Waals surface area contributed by atoms with Gasteiger partial charge < -0.3 is 14.8 Å². The van der Waals surface area contributed by atoms with Gasteiger partial charge in [-0.05, 0) is 36.6 Å². The first-order valence-corrected chi connectivity index (χ1v) is 7.27. The van der Waals surface area contributed by atoms with E-state index in [1.54, 1.807) is 13.3 Å². The van der Waals surface area contributed by atoms with Crippen LogP contribution in [0.2, 0.25) is 0 Å². The van der Waals surface area contributed by atoms with Gasteiger partial charge in [0.2, 0.25) is 0 Å². The third kappa shape index (κ3) is 4.03. The summed E-state index contributed by atoms with van der Waals surface area (Å²) in [4.78, 5) is 4.19. The Kier molecular flexibility index (Phi) is 4.48. The zero-order valence-electron chi connectivity index (χ0n) is 12.2. The normalized spacial score (nSPS) is 14.1. The molecule has 1 aromatic carbocycles. The van der Waals surface area contributed by atoms with Crippen molar-refractivity contribution in [3.63, 3.8) is 0 Å². The summed E-state index contributed by atoms with van der Waals surface area (Å²) in [5.41, 5.74) is 2.18. The summed E-state index contributed by atoms with van der Waals surface area (Å²) >= 11 is 0. The third-order valence-corrected chi connectivity index (χ3v) is 3.45. The molecule has 3 rings (SSSR count). The number of hydrogen-bond donors (Lipinski definition) is 1. The van der Waals surface area contributed by atoms with Gasteiger partial charge in [-0.1, -0.05) is 12.1 Å². The predicted octanol–water partition coefficient (Wildman–Crippen LogP) is 3.27. The molecule has 1 aliphatic carbocycles. The average Bonchev–Trinajstić information content (AvgIpc) is 3.31. The Morgan fingerprint density at radius 2 is 2.19 bits per heavy atom. The second kappa shape index (κ2) is 6.70. The molecule has 21 heavy (non-hydrogen) atoms. The van der Waals surface area contributed by atoms with Crippen molar-refractivity contribution in [2.45, 2.75) is 32.0 Å². The lowest BCUT2D eigenvalue weighted by Crippen LogP contribution is -2.15. The lowest BCUT2D eigenvalue weighted by molar-refractivity contribution is 0.184. The van der Waals surface area contributed by atoms with E-state index in [0.717, 1.165) is 29.2 Å². The third-order valence-electron chi connectivity index (χ3n) is 3.45. The maximum Gasteiger partial charge on any atom is 0.134 e. The van der Waals surface area contributed by atoms with Gasteiger partial charge in [-0.3, -0.25) is 4.98 Å². The van der Waals surface area contributed by atoms with Crippen LogP contribution < -0.4 is 10.1 Å². The molecule has 1 aromatic heterocycles. The molecule has 0 spiro atoms. The summed E-state index contributed by atoms with van der Waals surface area (Å²) in [6, 6.07) is 10.5. The van der Waals surface area contributed by atoms with Crippen molar-refractivity contribution in [3.05, 3.63) is 53.9 Å². The molecule has 2 aromatic rings. The molecule has 0 bridgehead atoms. The van der Waals surface area contributed by atoms with E-state index >= 15 is 0 Å². The van der Waals surface area contributed by atoms with E-state index in [9.17, 15) is 0 Å². The summed E-state index contributed by atoms with van der Waals surface area (Å²) in [6.45, 7) is 1.38. The van der Waals surface area contributed by atoms with Gasteiger partial charge in [0.25, 0.3) is 0 Å². The summed E-state index contributed by atoms with van der Waals surface area (Å²) in [6.07, 6.45) is 6.17. The van der Waals surface area contributed by atoms with Crippen LogP contribution in [0.15, 0.2) is 42.7 Å². The monoisotopic (exact) mass is 284 g/mol. The molecule has 0 aliphatic heterocycles. The summed E-state index contributed by atoms with van der Waals surface area (Å²) in [7, 11) is 1.69. The van der Waals surface area contributed by atoms with Crippen molar-refractivity contribution in [3.8, 4) is 11.5 Å². The Morgan fingerprint density at radius 1 is 1.29 bits per heavy atom. The Morgan fingerprint density at radius 3 is 3.00 bits per heavy atom. The van der Waals surface area contributed by atoms with Crippen LogP contribution in [0, 0.1) is 0 Å². The molecule has 0 saturated heterocycles. The Labute approximate surface area is 125 Å². The van der Waals surface area contributed by atoms with Gasteiger partial charge in [0.15, 0.2) is 0 Å². The molecule has 1 fully saturated rings. The van der Waals surface area contributed by atoms with Gasteiger partial charge in [0, 0.05) is 37.7 Å². The molecule has 0 unspecified atom stereocenters.